The highest BCUT2D eigenvalue weighted by atomic mass is 16.5. The summed E-state index contributed by atoms with van der Waals surface area (Å²) in [6, 6.07) is 8.54. The zero-order chi connectivity index (χ0) is 11.9. The zero-order valence-corrected chi connectivity index (χ0v) is 10.7. The SMILES string of the molecule is CNCc1ccccc1COC1CCCCC1. The van der Waals surface area contributed by atoms with E-state index in [1.54, 1.807) is 0 Å². The van der Waals surface area contributed by atoms with Crippen molar-refractivity contribution in [1.29, 1.82) is 0 Å². The summed E-state index contributed by atoms with van der Waals surface area (Å²) < 4.78 is 6.03. The minimum Gasteiger partial charge on any atom is -0.374 e. The lowest BCUT2D eigenvalue weighted by Crippen LogP contribution is -2.17. The molecule has 2 rings (SSSR count). The first-order valence-electron chi connectivity index (χ1n) is 6.73. The lowest BCUT2D eigenvalue weighted by molar-refractivity contribution is 0.0165. The van der Waals surface area contributed by atoms with Gasteiger partial charge >= 0.3 is 0 Å². The van der Waals surface area contributed by atoms with Crippen LogP contribution in [0.3, 0.4) is 0 Å². The van der Waals surface area contributed by atoms with Crippen LogP contribution in [0.5, 0.6) is 0 Å². The van der Waals surface area contributed by atoms with Gasteiger partial charge in [0.15, 0.2) is 0 Å². The molecule has 1 fully saturated rings. The summed E-state index contributed by atoms with van der Waals surface area (Å²) in [7, 11) is 1.98. The first-order chi connectivity index (χ1) is 8.40. The average Bonchev–Trinajstić information content (AvgIpc) is 2.39. The number of ether oxygens (including phenoxy) is 1. The molecule has 2 nitrogen and oxygen atoms in total. The maximum Gasteiger partial charge on any atom is 0.0723 e. The number of nitrogens with one attached hydrogen (secondary N) is 1. The van der Waals surface area contributed by atoms with Crippen molar-refractivity contribution in [3.63, 3.8) is 0 Å². The number of benzene rings is 1. The van der Waals surface area contributed by atoms with Crippen LogP contribution in [0.25, 0.3) is 0 Å². The van der Waals surface area contributed by atoms with E-state index in [0.29, 0.717) is 6.10 Å². The molecule has 0 unspecified atom stereocenters. The van der Waals surface area contributed by atoms with Gasteiger partial charge in [0.2, 0.25) is 0 Å². The van der Waals surface area contributed by atoms with E-state index < -0.39 is 0 Å². The van der Waals surface area contributed by atoms with Crippen molar-refractivity contribution in [1.82, 2.24) is 5.32 Å². The molecule has 0 aliphatic heterocycles. The maximum atomic E-state index is 6.03. The molecule has 0 atom stereocenters. The van der Waals surface area contributed by atoms with Crippen LogP contribution in [0, 0.1) is 0 Å². The summed E-state index contributed by atoms with van der Waals surface area (Å²) >= 11 is 0. The topological polar surface area (TPSA) is 21.3 Å². The van der Waals surface area contributed by atoms with Crippen LogP contribution in [0.4, 0.5) is 0 Å². The largest absolute Gasteiger partial charge is 0.374 e. The van der Waals surface area contributed by atoms with Gasteiger partial charge in [-0.1, -0.05) is 43.5 Å². The molecule has 1 aromatic rings. The van der Waals surface area contributed by atoms with Gasteiger partial charge < -0.3 is 10.1 Å². The molecule has 0 bridgehead atoms. The molecule has 1 N–H and O–H groups in total. The van der Waals surface area contributed by atoms with Crippen molar-refractivity contribution >= 4 is 0 Å². The molecule has 0 amide bonds. The molecular weight excluding hydrogens is 210 g/mol. The minimum atomic E-state index is 0.492. The van der Waals surface area contributed by atoms with Gasteiger partial charge in [-0.05, 0) is 31.0 Å². The molecule has 0 heterocycles. The molecule has 0 radical (unpaired) electrons. The molecule has 0 aromatic heterocycles. The first-order valence-corrected chi connectivity index (χ1v) is 6.73. The Morgan fingerprint density at radius 1 is 1.12 bits per heavy atom. The van der Waals surface area contributed by atoms with E-state index in [-0.39, 0.29) is 0 Å². The monoisotopic (exact) mass is 233 g/mol. The predicted molar refractivity (Wildman–Crippen MR) is 70.9 cm³/mol. The minimum absolute atomic E-state index is 0.492. The van der Waals surface area contributed by atoms with Crippen molar-refractivity contribution in [2.24, 2.45) is 0 Å². The second-order valence-electron chi connectivity index (χ2n) is 4.87. The van der Waals surface area contributed by atoms with Gasteiger partial charge in [-0.2, -0.15) is 0 Å². The Balaban J connectivity index is 1.88. The third-order valence-electron chi connectivity index (χ3n) is 3.51. The van der Waals surface area contributed by atoms with Crippen molar-refractivity contribution < 1.29 is 4.74 Å². The van der Waals surface area contributed by atoms with Gasteiger partial charge in [0.05, 0.1) is 12.7 Å². The van der Waals surface area contributed by atoms with Crippen LogP contribution in [0.2, 0.25) is 0 Å². The smallest absolute Gasteiger partial charge is 0.0723 e. The molecule has 0 spiro atoms. The van der Waals surface area contributed by atoms with Gasteiger partial charge in [-0.25, -0.2) is 0 Å². The molecular formula is C15H23NO. The van der Waals surface area contributed by atoms with Crippen molar-refractivity contribution in [2.75, 3.05) is 7.05 Å². The molecule has 1 saturated carbocycles. The fourth-order valence-electron chi connectivity index (χ4n) is 2.50. The Kier molecular flexibility index (Phi) is 5.02. The lowest BCUT2D eigenvalue weighted by atomic mass is 9.98. The first kappa shape index (κ1) is 12.6. The third-order valence-corrected chi connectivity index (χ3v) is 3.51. The highest BCUT2D eigenvalue weighted by Crippen LogP contribution is 2.22. The number of hydrogen-bond acceptors (Lipinski definition) is 2. The molecule has 1 aromatic carbocycles. The molecule has 1 aliphatic carbocycles. The predicted octanol–water partition coefficient (Wildman–Crippen LogP) is 3.26. The van der Waals surface area contributed by atoms with E-state index in [2.05, 4.69) is 29.6 Å². The molecule has 2 heteroatoms. The summed E-state index contributed by atoms with van der Waals surface area (Å²) in [6.07, 6.45) is 7.04. The highest BCUT2D eigenvalue weighted by molar-refractivity contribution is 5.26. The summed E-state index contributed by atoms with van der Waals surface area (Å²) in [4.78, 5) is 0. The van der Waals surface area contributed by atoms with E-state index in [0.717, 1.165) is 13.2 Å². The molecule has 1 aliphatic rings. The molecule has 17 heavy (non-hydrogen) atoms. The van der Waals surface area contributed by atoms with Crippen molar-refractivity contribution in [3.05, 3.63) is 35.4 Å². The van der Waals surface area contributed by atoms with Gasteiger partial charge in [0.25, 0.3) is 0 Å². The van der Waals surface area contributed by atoms with Crippen LogP contribution < -0.4 is 5.32 Å². The van der Waals surface area contributed by atoms with E-state index in [1.807, 2.05) is 7.05 Å². The lowest BCUT2D eigenvalue weighted by Gasteiger charge is -2.22. The molecule has 0 saturated heterocycles. The summed E-state index contributed by atoms with van der Waals surface area (Å²) in [6.45, 7) is 1.69. The van der Waals surface area contributed by atoms with E-state index in [4.69, 9.17) is 4.74 Å². The summed E-state index contributed by atoms with van der Waals surface area (Å²) in [5, 5.41) is 3.21. The Morgan fingerprint density at radius 2 is 1.82 bits per heavy atom. The Hall–Kier alpha value is -0.860. The van der Waals surface area contributed by atoms with Crippen LogP contribution >= 0.6 is 0 Å². The summed E-state index contributed by atoms with van der Waals surface area (Å²) in [5.74, 6) is 0. The van der Waals surface area contributed by atoms with Crippen LogP contribution in [0.1, 0.15) is 43.2 Å². The highest BCUT2D eigenvalue weighted by Gasteiger charge is 2.14. The Bertz CT molecular complexity index is 331. The van der Waals surface area contributed by atoms with Crippen molar-refractivity contribution in [2.45, 2.75) is 51.4 Å². The fourth-order valence-corrected chi connectivity index (χ4v) is 2.50. The maximum absolute atomic E-state index is 6.03. The molecule has 94 valence electrons. The van der Waals surface area contributed by atoms with Gasteiger partial charge in [0.1, 0.15) is 0 Å². The van der Waals surface area contributed by atoms with Gasteiger partial charge in [-0.3, -0.25) is 0 Å². The average molecular weight is 233 g/mol. The van der Waals surface area contributed by atoms with E-state index >= 15 is 0 Å². The van der Waals surface area contributed by atoms with Crippen LogP contribution in [-0.2, 0) is 17.9 Å². The Labute approximate surface area is 104 Å². The second-order valence-corrected chi connectivity index (χ2v) is 4.87. The fraction of sp³-hybridized carbons (Fsp3) is 0.600. The van der Waals surface area contributed by atoms with Gasteiger partial charge in [0, 0.05) is 6.54 Å². The number of hydrogen-bond donors (Lipinski definition) is 1. The quantitative estimate of drug-likeness (QED) is 0.843. The van der Waals surface area contributed by atoms with Crippen LogP contribution in [-0.4, -0.2) is 13.2 Å². The van der Waals surface area contributed by atoms with E-state index in [9.17, 15) is 0 Å². The van der Waals surface area contributed by atoms with E-state index in [1.165, 1.54) is 43.2 Å². The number of rotatable bonds is 5. The van der Waals surface area contributed by atoms with Gasteiger partial charge in [-0.15, -0.1) is 0 Å². The third kappa shape index (κ3) is 3.83. The summed E-state index contributed by atoms with van der Waals surface area (Å²) in [5.41, 5.74) is 2.68. The standard InChI is InChI=1S/C15H23NO/c1-16-11-13-7-5-6-8-14(13)12-17-15-9-3-2-4-10-15/h5-8,15-16H,2-4,9-12H2,1H3. The second kappa shape index (κ2) is 6.77. The van der Waals surface area contributed by atoms with Crippen molar-refractivity contribution in [3.8, 4) is 0 Å². The Morgan fingerprint density at radius 3 is 2.53 bits per heavy atom. The zero-order valence-electron chi connectivity index (χ0n) is 10.7. The normalized spacial score (nSPS) is 17.2. The van der Waals surface area contributed by atoms with Crippen LogP contribution in [0.15, 0.2) is 24.3 Å².